The Morgan fingerprint density at radius 3 is 2.35 bits per heavy atom. The topological polar surface area (TPSA) is 84.3 Å². The Morgan fingerprint density at radius 2 is 1.81 bits per heavy atom. The van der Waals surface area contributed by atoms with E-state index in [0.29, 0.717) is 35.6 Å². The molecule has 0 atom stereocenters. The van der Waals surface area contributed by atoms with Crippen molar-refractivity contribution in [2.75, 3.05) is 13.1 Å². The zero-order chi connectivity index (χ0) is 22.6. The van der Waals surface area contributed by atoms with Gasteiger partial charge in [0.2, 0.25) is 0 Å². The molecule has 9 heteroatoms. The Labute approximate surface area is 183 Å². The zero-order valence-corrected chi connectivity index (χ0v) is 19.4. The average molecular weight is 451 g/mol. The fourth-order valence-electron chi connectivity index (χ4n) is 4.71. The summed E-state index contributed by atoms with van der Waals surface area (Å²) in [6, 6.07) is 2.93. The van der Waals surface area contributed by atoms with Gasteiger partial charge in [0, 0.05) is 24.5 Å². The van der Waals surface area contributed by atoms with Crippen molar-refractivity contribution in [3.05, 3.63) is 29.2 Å². The van der Waals surface area contributed by atoms with Gasteiger partial charge in [-0.2, -0.15) is 17.8 Å². The maximum Gasteiger partial charge on any atom is 0.304 e. The number of carbonyl (C=O) groups excluding carboxylic acids is 1. The summed E-state index contributed by atoms with van der Waals surface area (Å²) < 4.78 is 44.3. The van der Waals surface area contributed by atoms with Crippen molar-refractivity contribution in [3.8, 4) is 0 Å². The molecular weight excluding hydrogens is 419 g/mol. The van der Waals surface area contributed by atoms with E-state index in [1.807, 2.05) is 16.3 Å². The molecule has 2 aliphatic rings. The molecule has 2 fully saturated rings. The number of amides is 1. The SMILES string of the molecule is Cc1nn(C2CCC(C(C)(C)C)CC2)c2cc(F)c(C(=O)NS(=O)(=O)N3CCC3)cc12. The molecule has 2 aromatic rings. The molecule has 1 aliphatic carbocycles. The van der Waals surface area contributed by atoms with Gasteiger partial charge in [0.25, 0.3) is 5.91 Å². The Morgan fingerprint density at radius 1 is 1.16 bits per heavy atom. The van der Waals surface area contributed by atoms with Crippen molar-refractivity contribution < 1.29 is 17.6 Å². The van der Waals surface area contributed by atoms with Crippen LogP contribution < -0.4 is 4.72 Å². The number of carbonyl (C=O) groups is 1. The minimum absolute atomic E-state index is 0.195. The van der Waals surface area contributed by atoms with Gasteiger partial charge in [-0.15, -0.1) is 0 Å². The monoisotopic (exact) mass is 450 g/mol. The van der Waals surface area contributed by atoms with Crippen molar-refractivity contribution >= 4 is 27.0 Å². The lowest BCUT2D eigenvalue weighted by molar-refractivity contribution is 0.0974. The number of hydrogen-bond acceptors (Lipinski definition) is 4. The van der Waals surface area contributed by atoms with Crippen LogP contribution in [0.4, 0.5) is 4.39 Å². The molecule has 1 aromatic carbocycles. The summed E-state index contributed by atoms with van der Waals surface area (Å²) in [6.07, 6.45) is 4.93. The minimum Gasteiger partial charge on any atom is -0.268 e. The molecule has 1 saturated carbocycles. The highest BCUT2D eigenvalue weighted by Gasteiger charge is 2.33. The molecule has 2 heterocycles. The number of hydrogen-bond donors (Lipinski definition) is 1. The summed E-state index contributed by atoms with van der Waals surface area (Å²) in [4.78, 5) is 12.5. The fourth-order valence-corrected chi connectivity index (χ4v) is 5.93. The van der Waals surface area contributed by atoms with Crippen molar-refractivity contribution in [1.82, 2.24) is 18.8 Å². The molecule has 170 valence electrons. The van der Waals surface area contributed by atoms with Gasteiger partial charge in [0.15, 0.2) is 0 Å². The van der Waals surface area contributed by atoms with Gasteiger partial charge >= 0.3 is 10.2 Å². The minimum atomic E-state index is -3.93. The number of rotatable bonds is 4. The smallest absolute Gasteiger partial charge is 0.268 e. The largest absolute Gasteiger partial charge is 0.304 e. The van der Waals surface area contributed by atoms with E-state index in [1.165, 1.54) is 16.4 Å². The Balaban J connectivity index is 1.59. The fraction of sp³-hybridized carbons (Fsp3) is 0.636. The van der Waals surface area contributed by atoms with Crippen molar-refractivity contribution in [2.45, 2.75) is 65.8 Å². The van der Waals surface area contributed by atoms with E-state index in [-0.39, 0.29) is 17.0 Å². The van der Waals surface area contributed by atoms with Gasteiger partial charge < -0.3 is 0 Å². The van der Waals surface area contributed by atoms with E-state index in [0.717, 1.165) is 32.1 Å². The summed E-state index contributed by atoms with van der Waals surface area (Å²) in [5, 5.41) is 5.33. The van der Waals surface area contributed by atoms with E-state index < -0.39 is 21.9 Å². The number of nitrogens with zero attached hydrogens (tertiary/aromatic N) is 3. The first-order valence-electron chi connectivity index (χ1n) is 11.0. The molecule has 7 nitrogen and oxygen atoms in total. The maximum absolute atomic E-state index is 14.9. The molecule has 0 spiro atoms. The highest BCUT2D eigenvalue weighted by atomic mass is 32.2. The molecule has 31 heavy (non-hydrogen) atoms. The second kappa shape index (κ2) is 7.85. The number of aryl methyl sites for hydroxylation is 1. The molecule has 1 aromatic heterocycles. The van der Waals surface area contributed by atoms with E-state index >= 15 is 0 Å². The van der Waals surface area contributed by atoms with Crippen LogP contribution in [-0.2, 0) is 10.2 Å². The summed E-state index contributed by atoms with van der Waals surface area (Å²) >= 11 is 0. The Bertz CT molecular complexity index is 1110. The summed E-state index contributed by atoms with van der Waals surface area (Å²) in [7, 11) is -3.93. The second-order valence-electron chi connectivity index (χ2n) is 9.94. The molecule has 1 saturated heterocycles. The Kier molecular flexibility index (Phi) is 5.62. The first-order chi connectivity index (χ1) is 14.5. The highest BCUT2D eigenvalue weighted by Crippen LogP contribution is 2.42. The van der Waals surface area contributed by atoms with E-state index in [2.05, 4.69) is 25.9 Å². The van der Waals surface area contributed by atoms with Crippen LogP contribution in [0.15, 0.2) is 12.1 Å². The predicted octanol–water partition coefficient (Wildman–Crippen LogP) is 3.94. The molecule has 1 amide bonds. The van der Waals surface area contributed by atoms with Crippen LogP contribution in [0.25, 0.3) is 10.9 Å². The third-order valence-electron chi connectivity index (χ3n) is 6.87. The van der Waals surface area contributed by atoms with Crippen LogP contribution in [0.2, 0.25) is 0 Å². The highest BCUT2D eigenvalue weighted by molar-refractivity contribution is 7.87. The van der Waals surface area contributed by atoms with Gasteiger partial charge in [-0.3, -0.25) is 9.48 Å². The van der Waals surface area contributed by atoms with Crippen LogP contribution in [0.1, 0.15) is 75.0 Å². The maximum atomic E-state index is 14.9. The van der Waals surface area contributed by atoms with E-state index in [4.69, 9.17) is 0 Å². The molecular formula is C22H31FN4O3S. The van der Waals surface area contributed by atoms with Gasteiger partial charge in [-0.1, -0.05) is 20.8 Å². The quantitative estimate of drug-likeness (QED) is 0.765. The third-order valence-corrected chi connectivity index (χ3v) is 8.36. The first-order valence-corrected chi connectivity index (χ1v) is 12.4. The third kappa shape index (κ3) is 4.22. The van der Waals surface area contributed by atoms with Crippen LogP contribution in [0, 0.1) is 24.1 Å². The number of fused-ring (bicyclic) bond motifs is 1. The molecule has 0 bridgehead atoms. The molecule has 4 rings (SSSR count). The standard InChI is InChI=1S/C22H31FN4O3S/c1-14-17-12-18(21(28)25-31(29,30)26-10-5-11-26)19(23)13-20(17)27(24-14)16-8-6-15(7-9-16)22(2,3)4/h12-13,15-16H,5-11H2,1-4H3,(H,25,28). The lowest BCUT2D eigenvalue weighted by atomic mass is 9.71. The van der Waals surface area contributed by atoms with E-state index in [9.17, 15) is 17.6 Å². The van der Waals surface area contributed by atoms with Gasteiger partial charge in [0.05, 0.1) is 22.8 Å². The van der Waals surface area contributed by atoms with Crippen molar-refractivity contribution in [1.29, 1.82) is 0 Å². The van der Waals surface area contributed by atoms with Gasteiger partial charge in [-0.25, -0.2) is 9.11 Å². The average Bonchev–Trinajstić information content (AvgIpc) is 2.93. The number of nitrogens with one attached hydrogen (secondary N) is 1. The molecule has 0 radical (unpaired) electrons. The summed E-state index contributed by atoms with van der Waals surface area (Å²) in [5.41, 5.74) is 1.34. The number of benzene rings is 1. The lowest BCUT2D eigenvalue weighted by Gasteiger charge is -2.37. The predicted molar refractivity (Wildman–Crippen MR) is 117 cm³/mol. The van der Waals surface area contributed by atoms with Crippen molar-refractivity contribution in [2.24, 2.45) is 11.3 Å². The molecule has 1 aliphatic heterocycles. The van der Waals surface area contributed by atoms with Gasteiger partial charge in [0.1, 0.15) is 5.82 Å². The second-order valence-corrected chi connectivity index (χ2v) is 11.6. The molecule has 1 N–H and O–H groups in total. The van der Waals surface area contributed by atoms with Crippen LogP contribution >= 0.6 is 0 Å². The van der Waals surface area contributed by atoms with Crippen LogP contribution in [0.3, 0.4) is 0 Å². The summed E-state index contributed by atoms with van der Waals surface area (Å²) in [6.45, 7) is 9.39. The van der Waals surface area contributed by atoms with E-state index in [1.54, 1.807) is 0 Å². The normalized spacial score (nSPS) is 23.0. The number of halogens is 1. The molecule has 0 unspecified atom stereocenters. The summed E-state index contributed by atoms with van der Waals surface area (Å²) in [5.74, 6) is -1.04. The first kappa shape index (κ1) is 22.2. The number of aromatic nitrogens is 2. The Hall–Kier alpha value is -2.00. The van der Waals surface area contributed by atoms with Crippen molar-refractivity contribution in [3.63, 3.8) is 0 Å². The van der Waals surface area contributed by atoms with Gasteiger partial charge in [-0.05, 0) is 56.4 Å². The zero-order valence-electron chi connectivity index (χ0n) is 18.6. The van der Waals surface area contributed by atoms with Crippen LogP contribution in [-0.4, -0.2) is 41.5 Å². The lowest BCUT2D eigenvalue weighted by Crippen LogP contribution is -2.49. The van der Waals surface area contributed by atoms with Crippen LogP contribution in [0.5, 0.6) is 0 Å².